The highest BCUT2D eigenvalue weighted by molar-refractivity contribution is 5.84. The molecule has 1 saturated carbocycles. The van der Waals surface area contributed by atoms with Crippen LogP contribution in [-0.4, -0.2) is 65.3 Å². The predicted molar refractivity (Wildman–Crippen MR) is 87.2 cm³/mol. The predicted octanol–water partition coefficient (Wildman–Crippen LogP) is -1.40. The minimum absolute atomic E-state index is 0.0378. The van der Waals surface area contributed by atoms with E-state index in [4.69, 9.17) is 16.9 Å². The fraction of sp³-hybridized carbons (Fsp3) is 0.533. The molecule has 2 aromatic heterocycles. The lowest BCUT2D eigenvalue weighted by atomic mass is 9.97. The van der Waals surface area contributed by atoms with Crippen molar-refractivity contribution in [2.75, 3.05) is 17.7 Å². The Balaban J connectivity index is 1.77. The van der Waals surface area contributed by atoms with Gasteiger partial charge >= 0.3 is 0 Å². The van der Waals surface area contributed by atoms with E-state index in [9.17, 15) is 15.3 Å². The number of aliphatic hydroxyl groups is 3. The Morgan fingerprint density at radius 1 is 1.44 bits per heavy atom. The van der Waals surface area contributed by atoms with Crippen molar-refractivity contribution in [2.24, 2.45) is 0 Å². The highest BCUT2D eigenvalue weighted by Crippen LogP contribution is 2.38. The van der Waals surface area contributed by atoms with Gasteiger partial charge in [-0.15, -0.1) is 6.42 Å². The number of nitrogens with two attached hydrogens (primary N) is 1. The maximum atomic E-state index is 10.4. The summed E-state index contributed by atoms with van der Waals surface area (Å²) in [5, 5.41) is 33.3. The molecule has 1 aliphatic heterocycles. The fourth-order valence-corrected chi connectivity index (χ4v) is 2.95. The average Bonchev–Trinajstić information content (AvgIpc) is 3.26. The van der Waals surface area contributed by atoms with Crippen LogP contribution in [0, 0.1) is 12.3 Å². The molecule has 132 valence electrons. The first-order valence-corrected chi connectivity index (χ1v) is 7.88. The zero-order valence-electron chi connectivity index (χ0n) is 13.2. The maximum Gasteiger partial charge on any atom is 0.224 e. The van der Waals surface area contributed by atoms with Gasteiger partial charge in [0.15, 0.2) is 28.8 Å². The molecule has 2 fully saturated rings. The van der Waals surface area contributed by atoms with Crippen molar-refractivity contribution in [1.82, 2.24) is 19.5 Å². The molecule has 2 aromatic rings. The Morgan fingerprint density at radius 2 is 2.20 bits per heavy atom. The monoisotopic (exact) mass is 346 g/mol. The number of anilines is 2. The summed E-state index contributed by atoms with van der Waals surface area (Å²) in [7, 11) is 0. The van der Waals surface area contributed by atoms with Gasteiger partial charge in [-0.3, -0.25) is 4.57 Å². The van der Waals surface area contributed by atoms with Gasteiger partial charge in [0.05, 0.1) is 12.9 Å². The molecule has 0 amide bonds. The molecule has 0 radical (unpaired) electrons. The molecule has 4 rings (SSSR count). The van der Waals surface area contributed by atoms with Crippen LogP contribution in [0.25, 0.3) is 11.2 Å². The number of aromatic nitrogens is 4. The first-order valence-electron chi connectivity index (χ1n) is 7.88. The van der Waals surface area contributed by atoms with Crippen molar-refractivity contribution in [3.63, 3.8) is 0 Å². The number of hydrogen-bond donors (Lipinski definition) is 5. The summed E-state index contributed by atoms with van der Waals surface area (Å²) in [4.78, 5) is 12.6. The van der Waals surface area contributed by atoms with E-state index in [1.165, 1.54) is 10.9 Å². The minimum Gasteiger partial charge on any atom is -0.392 e. The summed E-state index contributed by atoms with van der Waals surface area (Å²) >= 11 is 0. The quantitative estimate of drug-likeness (QED) is 0.421. The van der Waals surface area contributed by atoms with Crippen LogP contribution >= 0.6 is 0 Å². The van der Waals surface area contributed by atoms with Crippen LogP contribution in [0.5, 0.6) is 0 Å². The molecule has 0 bridgehead atoms. The Labute approximate surface area is 142 Å². The molecular weight excluding hydrogens is 328 g/mol. The van der Waals surface area contributed by atoms with Gasteiger partial charge in [0.25, 0.3) is 0 Å². The second-order valence-electron chi connectivity index (χ2n) is 6.31. The molecule has 1 aliphatic carbocycles. The molecule has 25 heavy (non-hydrogen) atoms. The van der Waals surface area contributed by atoms with Gasteiger partial charge in [0.2, 0.25) is 5.95 Å². The highest BCUT2D eigenvalue weighted by atomic mass is 16.6. The van der Waals surface area contributed by atoms with E-state index in [0.717, 1.165) is 12.8 Å². The summed E-state index contributed by atoms with van der Waals surface area (Å²) in [5.74, 6) is 2.76. The smallest absolute Gasteiger partial charge is 0.224 e. The molecule has 6 N–H and O–H groups in total. The van der Waals surface area contributed by atoms with E-state index < -0.39 is 30.6 Å². The van der Waals surface area contributed by atoms with E-state index in [1.54, 1.807) is 0 Å². The summed E-state index contributed by atoms with van der Waals surface area (Å²) in [6.07, 6.45) is 4.96. The molecule has 0 aromatic carbocycles. The Hall–Kier alpha value is -2.45. The third-order valence-corrected chi connectivity index (χ3v) is 4.53. The molecule has 2 aliphatic rings. The summed E-state index contributed by atoms with van der Waals surface area (Å²) in [5.41, 5.74) is 4.88. The van der Waals surface area contributed by atoms with Crippen LogP contribution in [0.3, 0.4) is 0 Å². The van der Waals surface area contributed by atoms with Crippen LogP contribution < -0.4 is 11.1 Å². The minimum atomic E-state index is -1.70. The second-order valence-corrected chi connectivity index (χ2v) is 6.31. The van der Waals surface area contributed by atoms with E-state index in [1.807, 2.05) is 0 Å². The maximum absolute atomic E-state index is 10.4. The fourth-order valence-electron chi connectivity index (χ4n) is 2.95. The number of ether oxygens (including phenoxy) is 1. The molecule has 4 atom stereocenters. The number of terminal acetylenes is 1. The van der Waals surface area contributed by atoms with E-state index >= 15 is 0 Å². The van der Waals surface area contributed by atoms with Crippen LogP contribution in [-0.2, 0) is 4.74 Å². The van der Waals surface area contributed by atoms with Crippen molar-refractivity contribution < 1.29 is 20.1 Å². The van der Waals surface area contributed by atoms with Gasteiger partial charge in [-0.2, -0.15) is 9.97 Å². The molecule has 1 saturated heterocycles. The van der Waals surface area contributed by atoms with Gasteiger partial charge < -0.3 is 31.1 Å². The van der Waals surface area contributed by atoms with Crippen molar-refractivity contribution in [3.05, 3.63) is 6.33 Å². The SMILES string of the molecule is C#C[C@]1(CO)O[C@@H](n2cnc3c(NC4CC4)nc(N)nc32)[C@@H](O)C1O. The standard InChI is InChI=1S/C15H18N6O4/c1-2-15(5-22)10(24)9(23)13(25-15)21-6-17-8-11(18-7-3-4-7)19-14(16)20-12(8)21/h1,6-7,9-10,13,22-24H,3-5H2,(H3,16,18,19,20)/t9-,10?,13+,15+/m0/s1. The molecule has 0 spiro atoms. The van der Waals surface area contributed by atoms with Crippen molar-refractivity contribution in [1.29, 1.82) is 0 Å². The highest BCUT2D eigenvalue weighted by Gasteiger charge is 2.54. The van der Waals surface area contributed by atoms with Gasteiger partial charge in [-0.25, -0.2) is 4.98 Å². The van der Waals surface area contributed by atoms with Gasteiger partial charge in [0, 0.05) is 6.04 Å². The van der Waals surface area contributed by atoms with Crippen LogP contribution in [0.2, 0.25) is 0 Å². The van der Waals surface area contributed by atoms with Gasteiger partial charge in [-0.1, -0.05) is 5.92 Å². The largest absolute Gasteiger partial charge is 0.392 e. The van der Waals surface area contributed by atoms with E-state index in [-0.39, 0.29) is 5.95 Å². The number of nitrogen functional groups attached to an aromatic ring is 1. The molecular formula is C15H18N6O4. The second kappa shape index (κ2) is 5.53. The van der Waals surface area contributed by atoms with E-state index in [2.05, 4.69) is 26.2 Å². The van der Waals surface area contributed by atoms with Crippen molar-refractivity contribution >= 4 is 22.9 Å². The van der Waals surface area contributed by atoms with Crippen LogP contribution in [0.15, 0.2) is 6.33 Å². The number of nitrogens with one attached hydrogen (secondary N) is 1. The lowest BCUT2D eigenvalue weighted by Gasteiger charge is -2.23. The van der Waals surface area contributed by atoms with Crippen LogP contribution in [0.1, 0.15) is 19.1 Å². The lowest BCUT2D eigenvalue weighted by Crippen LogP contribution is -2.44. The number of rotatable bonds is 4. The number of imidazole rings is 1. The summed E-state index contributed by atoms with van der Waals surface area (Å²) in [6.45, 7) is -0.642. The first-order chi connectivity index (χ1) is 12.0. The Bertz CT molecular complexity index is 860. The van der Waals surface area contributed by atoms with Crippen molar-refractivity contribution in [2.45, 2.75) is 42.9 Å². The topological polar surface area (TPSA) is 152 Å². The zero-order valence-corrected chi connectivity index (χ0v) is 13.2. The lowest BCUT2D eigenvalue weighted by molar-refractivity contribution is -0.0910. The van der Waals surface area contributed by atoms with Gasteiger partial charge in [-0.05, 0) is 12.8 Å². The zero-order chi connectivity index (χ0) is 17.8. The molecule has 10 nitrogen and oxygen atoms in total. The molecule has 10 heteroatoms. The van der Waals surface area contributed by atoms with Crippen molar-refractivity contribution in [3.8, 4) is 12.3 Å². The van der Waals surface area contributed by atoms with E-state index in [0.29, 0.717) is 23.0 Å². The molecule has 1 unspecified atom stereocenters. The first kappa shape index (κ1) is 16.0. The average molecular weight is 346 g/mol. The normalized spacial score (nSPS) is 32.0. The Morgan fingerprint density at radius 3 is 2.80 bits per heavy atom. The summed E-state index contributed by atoms with van der Waals surface area (Å²) in [6, 6.07) is 0.335. The summed E-state index contributed by atoms with van der Waals surface area (Å²) < 4.78 is 7.04. The third-order valence-electron chi connectivity index (χ3n) is 4.53. The Kier molecular flexibility index (Phi) is 3.55. The van der Waals surface area contributed by atoms with Crippen LogP contribution in [0.4, 0.5) is 11.8 Å². The number of fused-ring (bicyclic) bond motifs is 1. The van der Waals surface area contributed by atoms with Gasteiger partial charge in [0.1, 0.15) is 12.2 Å². The number of hydrogen-bond acceptors (Lipinski definition) is 9. The number of aliphatic hydroxyl groups excluding tert-OH is 3. The number of nitrogens with zero attached hydrogens (tertiary/aromatic N) is 4. The third kappa shape index (κ3) is 2.40. The molecule has 3 heterocycles.